The first-order valence-electron chi connectivity index (χ1n) is 8.35. The molecule has 0 fully saturated rings. The summed E-state index contributed by atoms with van der Waals surface area (Å²) in [4.78, 5) is 24.9. The van der Waals surface area contributed by atoms with Gasteiger partial charge in [0.1, 0.15) is 6.10 Å². The molecule has 2 amide bonds. The first kappa shape index (κ1) is 18.7. The first-order valence-corrected chi connectivity index (χ1v) is 8.35. The van der Waals surface area contributed by atoms with E-state index in [1.807, 2.05) is 44.2 Å². The number of carbonyl (C=O) groups excluding carboxylic acids is 2. The third-order valence-electron chi connectivity index (χ3n) is 4.25. The molecule has 0 saturated heterocycles. The van der Waals surface area contributed by atoms with Crippen molar-refractivity contribution in [2.45, 2.75) is 20.0 Å². The molecule has 0 saturated carbocycles. The van der Waals surface area contributed by atoms with E-state index in [0.717, 1.165) is 5.56 Å². The highest BCUT2D eigenvalue weighted by atomic mass is 16.5. The van der Waals surface area contributed by atoms with Gasteiger partial charge in [-0.15, -0.1) is 0 Å². The second-order valence-electron chi connectivity index (χ2n) is 6.31. The third-order valence-corrected chi connectivity index (χ3v) is 4.25. The monoisotopic (exact) mass is 344 g/mol. The van der Waals surface area contributed by atoms with E-state index in [4.69, 9.17) is 4.74 Å². The third kappa shape index (κ3) is 3.74. The molecule has 0 aliphatic carbocycles. The lowest BCUT2D eigenvalue weighted by atomic mass is 10.1. The maximum Gasteiger partial charge on any atom is 0.309 e. The van der Waals surface area contributed by atoms with Crippen LogP contribution in [0.4, 0.5) is 0 Å². The molecular weight excluding hydrogens is 318 g/mol. The van der Waals surface area contributed by atoms with Crippen molar-refractivity contribution in [2.24, 2.45) is 0 Å². The van der Waals surface area contributed by atoms with Gasteiger partial charge in [0.25, 0.3) is 0 Å². The van der Waals surface area contributed by atoms with Crippen LogP contribution in [0.25, 0.3) is 0 Å². The summed E-state index contributed by atoms with van der Waals surface area (Å²) < 4.78 is 6.10. The Labute approximate surface area is 148 Å². The second-order valence-corrected chi connectivity index (χ2v) is 6.31. The van der Waals surface area contributed by atoms with Crippen molar-refractivity contribution < 1.29 is 18.8 Å². The minimum absolute atomic E-state index is 0.0301. The Hall–Kier alpha value is -2.60. The molecule has 1 heterocycles. The Kier molecular flexibility index (Phi) is 5.64. The number of carbonyl (C=O) groups is 2. The zero-order valence-electron chi connectivity index (χ0n) is 15.4. The van der Waals surface area contributed by atoms with Crippen molar-refractivity contribution in [1.29, 1.82) is 0 Å². The number of rotatable bonds is 6. The maximum atomic E-state index is 12.5. The zero-order chi connectivity index (χ0) is 18.6. The molecular formula is C19H26N3O3+. The van der Waals surface area contributed by atoms with Crippen LogP contribution in [-0.2, 0) is 14.3 Å². The van der Waals surface area contributed by atoms with Crippen molar-refractivity contribution in [3.8, 4) is 0 Å². The summed E-state index contributed by atoms with van der Waals surface area (Å²) >= 11 is 0. The summed E-state index contributed by atoms with van der Waals surface area (Å²) in [6, 6.07) is 9.75. The molecule has 1 aromatic rings. The molecule has 134 valence electrons. The van der Waals surface area contributed by atoms with E-state index in [1.54, 1.807) is 27.2 Å². The van der Waals surface area contributed by atoms with E-state index >= 15 is 0 Å². The molecule has 0 bridgehead atoms. The number of nitrogens with zero attached hydrogens (tertiary/aromatic N) is 1. The van der Waals surface area contributed by atoms with Crippen molar-refractivity contribution >= 4 is 11.8 Å². The highest BCUT2D eigenvalue weighted by Crippen LogP contribution is 2.35. The topological polar surface area (TPSA) is 67.4 Å². The van der Waals surface area contributed by atoms with Crippen molar-refractivity contribution in [3.63, 3.8) is 0 Å². The van der Waals surface area contributed by atoms with Crippen LogP contribution < -0.4 is 10.6 Å². The Balaban J connectivity index is 2.40. The number of benzene rings is 1. The predicted molar refractivity (Wildman–Crippen MR) is 95.9 cm³/mol. The lowest BCUT2D eigenvalue weighted by Crippen LogP contribution is -2.46. The largest absolute Gasteiger partial charge is 0.479 e. The van der Waals surface area contributed by atoms with Crippen molar-refractivity contribution in [3.05, 3.63) is 59.1 Å². The van der Waals surface area contributed by atoms with E-state index in [-0.39, 0.29) is 22.4 Å². The number of hydrogen-bond donors (Lipinski definition) is 2. The number of hydrogen-bond acceptors (Lipinski definition) is 3. The van der Waals surface area contributed by atoms with Gasteiger partial charge in [0, 0.05) is 13.6 Å². The number of nitrogens with one attached hydrogen (secondary N) is 2. The minimum Gasteiger partial charge on any atom is -0.479 e. The van der Waals surface area contributed by atoms with Crippen LogP contribution in [0, 0.1) is 0 Å². The van der Waals surface area contributed by atoms with Crippen LogP contribution in [-0.4, -0.2) is 44.0 Å². The van der Waals surface area contributed by atoms with Crippen molar-refractivity contribution in [1.82, 2.24) is 10.6 Å². The molecule has 0 spiro atoms. The van der Waals surface area contributed by atoms with Gasteiger partial charge in [-0.3, -0.25) is 14.1 Å². The van der Waals surface area contributed by atoms with Gasteiger partial charge in [-0.1, -0.05) is 30.3 Å². The normalized spacial score (nSPS) is 16.9. The fourth-order valence-electron chi connectivity index (χ4n) is 2.88. The maximum absolute atomic E-state index is 12.5. The van der Waals surface area contributed by atoms with Gasteiger partial charge in [0.15, 0.2) is 5.76 Å². The van der Waals surface area contributed by atoms with Crippen LogP contribution in [0.2, 0.25) is 0 Å². The predicted octanol–water partition coefficient (Wildman–Crippen LogP) is 1.83. The SMILES string of the molecule is CCNC(=O)C1=CC(OC(C)c2ccccc2)=C(C(=O)NC)[N+]1(C)C. The number of likely N-dealkylation sites (N-methyl/N-ethyl adjacent to an activating group) is 3. The highest BCUT2D eigenvalue weighted by molar-refractivity contribution is 5.98. The average Bonchev–Trinajstić information content (AvgIpc) is 2.85. The number of quaternary nitrogens is 1. The van der Waals surface area contributed by atoms with Gasteiger partial charge in [-0.2, -0.15) is 0 Å². The zero-order valence-corrected chi connectivity index (χ0v) is 15.4. The molecule has 0 aromatic heterocycles. The van der Waals surface area contributed by atoms with Gasteiger partial charge in [0.05, 0.1) is 20.2 Å². The Bertz CT molecular complexity index is 721. The van der Waals surface area contributed by atoms with Gasteiger partial charge in [-0.25, -0.2) is 0 Å². The molecule has 0 radical (unpaired) electrons. The van der Waals surface area contributed by atoms with E-state index in [1.165, 1.54) is 0 Å². The number of allylic oxidation sites excluding steroid dienone is 1. The van der Waals surface area contributed by atoms with Crippen molar-refractivity contribution in [2.75, 3.05) is 27.7 Å². The summed E-state index contributed by atoms with van der Waals surface area (Å²) in [5.74, 6) is -0.0577. The summed E-state index contributed by atoms with van der Waals surface area (Å²) in [5.41, 5.74) is 1.87. The molecule has 6 nitrogen and oxygen atoms in total. The van der Waals surface area contributed by atoms with Gasteiger partial charge in [-0.05, 0) is 19.4 Å². The lowest BCUT2D eigenvalue weighted by Gasteiger charge is -2.27. The molecule has 1 atom stereocenters. The van der Waals surface area contributed by atoms with Gasteiger partial charge < -0.3 is 15.4 Å². The Morgan fingerprint density at radius 1 is 1.16 bits per heavy atom. The second kappa shape index (κ2) is 7.53. The van der Waals surface area contributed by atoms with E-state index in [9.17, 15) is 9.59 Å². The molecule has 1 aromatic carbocycles. The highest BCUT2D eigenvalue weighted by Gasteiger charge is 2.45. The number of amides is 2. The molecule has 1 aliphatic rings. The summed E-state index contributed by atoms with van der Waals surface area (Å²) in [6.07, 6.45) is 1.41. The van der Waals surface area contributed by atoms with Crippen LogP contribution in [0.3, 0.4) is 0 Å². The Morgan fingerprint density at radius 3 is 2.36 bits per heavy atom. The van der Waals surface area contributed by atoms with Crippen LogP contribution >= 0.6 is 0 Å². The van der Waals surface area contributed by atoms with E-state index < -0.39 is 0 Å². The first-order chi connectivity index (χ1) is 11.8. The van der Waals surface area contributed by atoms with Gasteiger partial charge in [0.2, 0.25) is 11.4 Å². The standard InChI is InChI=1S/C19H25N3O3/c1-6-21-18(23)15-12-16(17(19(24)20-3)22(15,4)5)25-13(2)14-10-8-7-9-11-14/h7-13H,6H2,1-5H3,(H-,20,21,23,24)/p+1. The van der Waals surface area contributed by atoms with Crippen LogP contribution in [0.5, 0.6) is 0 Å². The van der Waals surface area contributed by atoms with Gasteiger partial charge >= 0.3 is 11.8 Å². The molecule has 1 unspecified atom stereocenters. The summed E-state index contributed by atoms with van der Waals surface area (Å²) in [5, 5.41) is 5.43. The molecule has 6 heteroatoms. The van der Waals surface area contributed by atoms with Crippen LogP contribution in [0.1, 0.15) is 25.5 Å². The summed E-state index contributed by atoms with van der Waals surface area (Å²) in [6.45, 7) is 4.29. The van der Waals surface area contributed by atoms with Crippen LogP contribution in [0.15, 0.2) is 53.6 Å². The Morgan fingerprint density at radius 2 is 1.80 bits per heavy atom. The molecule has 25 heavy (non-hydrogen) atoms. The smallest absolute Gasteiger partial charge is 0.309 e. The molecule has 2 N–H and O–H groups in total. The average molecular weight is 344 g/mol. The number of ether oxygens (including phenoxy) is 1. The van der Waals surface area contributed by atoms with E-state index in [2.05, 4.69) is 10.6 Å². The molecule has 1 aliphatic heterocycles. The minimum atomic E-state index is -0.268. The van der Waals surface area contributed by atoms with E-state index in [0.29, 0.717) is 23.7 Å². The lowest BCUT2D eigenvalue weighted by molar-refractivity contribution is -0.801. The fraction of sp³-hybridized carbons (Fsp3) is 0.368. The molecule has 2 rings (SSSR count). The quantitative estimate of drug-likeness (QED) is 0.774. The summed E-state index contributed by atoms with van der Waals surface area (Å²) in [7, 11) is 5.17. The fourth-order valence-corrected chi connectivity index (χ4v) is 2.88.